The third-order valence-corrected chi connectivity index (χ3v) is 7.63. The number of carbonyl (C=O) groups is 1. The Hall–Kier alpha value is -1.34. The second kappa shape index (κ2) is 10.1. The second-order valence-corrected chi connectivity index (χ2v) is 10.4. The van der Waals surface area contributed by atoms with E-state index in [1.165, 1.54) is 24.6 Å². The van der Waals surface area contributed by atoms with Crippen molar-refractivity contribution in [2.45, 2.75) is 44.2 Å². The van der Waals surface area contributed by atoms with Gasteiger partial charge in [0.15, 0.2) is 5.66 Å². The van der Waals surface area contributed by atoms with Gasteiger partial charge in [-0.2, -0.15) is 0 Å². The lowest BCUT2D eigenvalue weighted by Crippen LogP contribution is -2.20. The third kappa shape index (κ3) is 5.72. The van der Waals surface area contributed by atoms with E-state index in [-0.39, 0.29) is 17.3 Å². The smallest absolute Gasteiger partial charge is 0.234 e. The first kappa shape index (κ1) is 22.8. The van der Waals surface area contributed by atoms with E-state index in [0.717, 1.165) is 46.5 Å². The van der Waals surface area contributed by atoms with Gasteiger partial charge in [-0.15, -0.1) is 0 Å². The predicted molar refractivity (Wildman–Crippen MR) is 136 cm³/mol. The van der Waals surface area contributed by atoms with Crippen molar-refractivity contribution in [2.24, 2.45) is 9.98 Å². The molecule has 0 saturated heterocycles. The number of nitrogens with zero attached hydrogens (tertiary/aromatic N) is 2. The van der Waals surface area contributed by atoms with E-state index in [9.17, 15) is 4.79 Å². The van der Waals surface area contributed by atoms with Crippen LogP contribution in [-0.4, -0.2) is 28.1 Å². The van der Waals surface area contributed by atoms with Crippen LogP contribution in [0.4, 0.5) is 5.69 Å². The first-order valence-corrected chi connectivity index (χ1v) is 12.8. The highest BCUT2D eigenvalue weighted by atomic mass is 79.9. The fourth-order valence-electron chi connectivity index (χ4n) is 3.84. The maximum Gasteiger partial charge on any atom is 0.234 e. The van der Waals surface area contributed by atoms with Crippen LogP contribution in [-0.2, 0) is 4.79 Å². The van der Waals surface area contributed by atoms with Gasteiger partial charge in [0.25, 0.3) is 0 Å². The van der Waals surface area contributed by atoms with Crippen molar-refractivity contribution in [3.63, 3.8) is 0 Å². The number of hydrogen-bond donors (Lipinski definition) is 1. The molecule has 0 bridgehead atoms. The lowest BCUT2D eigenvalue weighted by molar-refractivity contribution is -0.113. The number of rotatable bonds is 4. The van der Waals surface area contributed by atoms with E-state index in [0.29, 0.717) is 15.7 Å². The quantitative estimate of drug-likeness (QED) is 0.441. The molecule has 1 fully saturated rings. The Bertz CT molecular complexity index is 1030. The molecule has 31 heavy (non-hydrogen) atoms. The number of halogens is 3. The number of thioether (sulfide) groups is 1. The fourth-order valence-corrected chi connectivity index (χ4v) is 5.28. The molecule has 1 heterocycles. The summed E-state index contributed by atoms with van der Waals surface area (Å²) in [4.78, 5) is 22.8. The number of carbonyl (C=O) groups excluding carboxylic acids is 1. The summed E-state index contributed by atoms with van der Waals surface area (Å²) in [5.41, 5.74) is 2.17. The topological polar surface area (TPSA) is 53.8 Å². The molecule has 0 unspecified atom stereocenters. The van der Waals surface area contributed by atoms with Crippen LogP contribution in [0.15, 0.2) is 56.9 Å². The lowest BCUT2D eigenvalue weighted by Gasteiger charge is -2.20. The molecule has 1 saturated carbocycles. The van der Waals surface area contributed by atoms with Gasteiger partial charge in [-0.1, -0.05) is 75.9 Å². The van der Waals surface area contributed by atoms with E-state index < -0.39 is 0 Å². The molecule has 162 valence electrons. The summed E-state index contributed by atoms with van der Waals surface area (Å²) in [6, 6.07) is 13.2. The Kier molecular flexibility index (Phi) is 7.42. The van der Waals surface area contributed by atoms with Crippen LogP contribution in [0, 0.1) is 0 Å². The minimum Gasteiger partial charge on any atom is -0.325 e. The number of nitrogens with one attached hydrogen (secondary N) is 1. The molecule has 0 radical (unpaired) electrons. The molecule has 1 amide bonds. The van der Waals surface area contributed by atoms with Crippen molar-refractivity contribution in [2.75, 3.05) is 11.1 Å². The molecule has 4 rings (SSSR count). The molecule has 1 N–H and O–H groups in total. The Morgan fingerprint density at radius 2 is 1.71 bits per heavy atom. The molecular weight excluding hydrogens is 517 g/mol. The van der Waals surface area contributed by atoms with Gasteiger partial charge in [0.1, 0.15) is 5.04 Å². The van der Waals surface area contributed by atoms with Gasteiger partial charge in [0, 0.05) is 15.7 Å². The third-order valence-electron chi connectivity index (χ3n) is 5.40. The Morgan fingerprint density at radius 1 is 1.00 bits per heavy atom. The second-order valence-electron chi connectivity index (χ2n) is 7.75. The normalized spacial score (nSPS) is 17.8. The Labute approximate surface area is 205 Å². The van der Waals surface area contributed by atoms with Crippen LogP contribution >= 0.6 is 50.9 Å². The molecule has 0 aromatic heterocycles. The van der Waals surface area contributed by atoms with Gasteiger partial charge < -0.3 is 5.32 Å². The zero-order chi connectivity index (χ0) is 21.8. The molecule has 1 aliphatic heterocycles. The molecule has 4 nitrogen and oxygen atoms in total. The summed E-state index contributed by atoms with van der Waals surface area (Å²) < 4.78 is 1.02. The Morgan fingerprint density at radius 3 is 2.39 bits per heavy atom. The van der Waals surface area contributed by atoms with Crippen molar-refractivity contribution >= 4 is 73.2 Å². The zero-order valence-electron chi connectivity index (χ0n) is 16.8. The Balaban J connectivity index is 1.51. The number of benzene rings is 2. The highest BCUT2D eigenvalue weighted by molar-refractivity contribution is 9.10. The highest BCUT2D eigenvalue weighted by Crippen LogP contribution is 2.38. The summed E-state index contributed by atoms with van der Waals surface area (Å²) in [6.07, 6.45) is 6.66. The minimum atomic E-state index is -0.374. The molecule has 2 aromatic rings. The standard InChI is InChI=1S/C23H22BrCl2N3OS/c24-16-7-5-15(6-8-16)21-22(29-23(28-21)11-3-1-2-4-12-23)31-14-20(30)27-17-9-10-18(25)19(26)13-17/h5-10,13H,1-4,11-12,14H2,(H,27,30). The van der Waals surface area contributed by atoms with Gasteiger partial charge in [-0.25, -0.2) is 4.99 Å². The van der Waals surface area contributed by atoms with Crippen LogP contribution in [0.2, 0.25) is 10.0 Å². The van der Waals surface area contributed by atoms with E-state index in [4.69, 9.17) is 33.2 Å². The summed E-state index contributed by atoms with van der Waals surface area (Å²) >= 11 is 16.9. The highest BCUT2D eigenvalue weighted by Gasteiger charge is 2.37. The summed E-state index contributed by atoms with van der Waals surface area (Å²) in [5.74, 6) is 0.119. The molecule has 0 atom stereocenters. The van der Waals surface area contributed by atoms with Gasteiger partial charge in [-0.05, 0) is 56.0 Å². The van der Waals surface area contributed by atoms with E-state index in [1.807, 2.05) is 24.3 Å². The van der Waals surface area contributed by atoms with Crippen LogP contribution in [0.25, 0.3) is 0 Å². The van der Waals surface area contributed by atoms with Crippen molar-refractivity contribution in [1.29, 1.82) is 0 Å². The van der Waals surface area contributed by atoms with Gasteiger partial charge >= 0.3 is 0 Å². The number of amides is 1. The van der Waals surface area contributed by atoms with Crippen molar-refractivity contribution in [3.05, 3.63) is 62.5 Å². The van der Waals surface area contributed by atoms with Crippen molar-refractivity contribution < 1.29 is 4.79 Å². The predicted octanol–water partition coefficient (Wildman–Crippen LogP) is 7.38. The van der Waals surface area contributed by atoms with Crippen LogP contribution in [0.5, 0.6) is 0 Å². The van der Waals surface area contributed by atoms with Crippen molar-refractivity contribution in [3.8, 4) is 0 Å². The molecule has 2 aliphatic rings. The number of anilines is 1. The zero-order valence-corrected chi connectivity index (χ0v) is 20.8. The molecule has 1 aliphatic carbocycles. The van der Waals surface area contributed by atoms with E-state index in [1.54, 1.807) is 18.2 Å². The molecule has 2 aromatic carbocycles. The lowest BCUT2D eigenvalue weighted by atomic mass is 10.0. The monoisotopic (exact) mass is 537 g/mol. The molecule has 1 spiro atoms. The van der Waals surface area contributed by atoms with Gasteiger partial charge in [-0.3, -0.25) is 9.79 Å². The maximum absolute atomic E-state index is 12.6. The van der Waals surface area contributed by atoms with Gasteiger partial charge in [0.2, 0.25) is 5.91 Å². The van der Waals surface area contributed by atoms with E-state index >= 15 is 0 Å². The summed E-state index contributed by atoms with van der Waals surface area (Å²) in [7, 11) is 0. The number of aliphatic imine (C=N–C) groups is 2. The first-order valence-electron chi connectivity index (χ1n) is 10.3. The maximum atomic E-state index is 12.6. The average Bonchev–Trinajstić information content (AvgIpc) is 2.94. The van der Waals surface area contributed by atoms with Crippen LogP contribution < -0.4 is 5.32 Å². The number of hydrogen-bond acceptors (Lipinski definition) is 4. The summed E-state index contributed by atoms with van der Waals surface area (Å²) in [5, 5.41) is 4.58. The van der Waals surface area contributed by atoms with E-state index in [2.05, 4.69) is 21.2 Å². The average molecular weight is 539 g/mol. The molecule has 8 heteroatoms. The summed E-state index contributed by atoms with van der Waals surface area (Å²) in [6.45, 7) is 0. The first-order chi connectivity index (χ1) is 14.9. The van der Waals surface area contributed by atoms with Gasteiger partial charge in [0.05, 0.1) is 21.5 Å². The van der Waals surface area contributed by atoms with Crippen LogP contribution in [0.1, 0.15) is 44.1 Å². The minimum absolute atomic E-state index is 0.122. The fraction of sp³-hybridized carbons (Fsp3) is 0.348. The van der Waals surface area contributed by atoms with Crippen LogP contribution in [0.3, 0.4) is 0 Å². The molecular formula is C23H22BrCl2N3OS. The van der Waals surface area contributed by atoms with Crippen molar-refractivity contribution in [1.82, 2.24) is 0 Å². The largest absolute Gasteiger partial charge is 0.325 e. The SMILES string of the molecule is O=C(CSC1=NC2(CCCCCC2)N=C1c1ccc(Br)cc1)Nc1ccc(Cl)c(Cl)c1.